The lowest BCUT2D eigenvalue weighted by molar-refractivity contribution is -0.134. The predicted octanol–water partition coefficient (Wildman–Crippen LogP) is 4.10. The number of benzene rings is 2. The zero-order valence-electron chi connectivity index (χ0n) is 15.7. The third-order valence-corrected chi connectivity index (χ3v) is 4.62. The Morgan fingerprint density at radius 3 is 2.41 bits per heavy atom. The van der Waals surface area contributed by atoms with E-state index in [1.54, 1.807) is 24.3 Å². The molecule has 1 aliphatic rings. The summed E-state index contributed by atoms with van der Waals surface area (Å²) in [5.41, 5.74) is 2.28. The van der Waals surface area contributed by atoms with Gasteiger partial charge in [0.15, 0.2) is 18.1 Å². The molecule has 0 unspecified atom stereocenters. The van der Waals surface area contributed by atoms with Crippen LogP contribution in [0.1, 0.15) is 25.0 Å². The molecular formula is C21H24ClNO4. The predicted molar refractivity (Wildman–Crippen MR) is 105 cm³/mol. The average Bonchev–Trinajstić information content (AvgIpc) is 2.66. The van der Waals surface area contributed by atoms with E-state index in [2.05, 4.69) is 0 Å². The standard InChI is InChI=1S/C21H24ClNO4/c1-3-25-19-10-15-8-9-23(13-16(15)11-20(19)26-4-2)21(24)14-27-18-7-5-6-17(22)12-18/h5-7,10-12H,3-4,8-9,13-14H2,1-2H3. The highest BCUT2D eigenvalue weighted by Crippen LogP contribution is 2.34. The molecule has 6 heteroatoms. The van der Waals surface area contributed by atoms with E-state index < -0.39 is 0 Å². The minimum absolute atomic E-state index is 0.00891. The molecule has 0 fully saturated rings. The van der Waals surface area contributed by atoms with Crippen LogP contribution in [0.25, 0.3) is 0 Å². The molecule has 0 saturated heterocycles. The maximum atomic E-state index is 12.6. The normalized spacial score (nSPS) is 13.1. The van der Waals surface area contributed by atoms with Crippen LogP contribution in [0, 0.1) is 0 Å². The van der Waals surface area contributed by atoms with Gasteiger partial charge in [-0.25, -0.2) is 0 Å². The maximum Gasteiger partial charge on any atom is 0.260 e. The number of hydrogen-bond acceptors (Lipinski definition) is 4. The molecule has 1 amide bonds. The minimum Gasteiger partial charge on any atom is -0.490 e. The molecule has 0 aromatic heterocycles. The quantitative estimate of drug-likeness (QED) is 0.715. The summed E-state index contributed by atoms with van der Waals surface area (Å²) >= 11 is 5.94. The molecule has 2 aromatic rings. The van der Waals surface area contributed by atoms with Crippen molar-refractivity contribution in [3.05, 3.63) is 52.5 Å². The highest BCUT2D eigenvalue weighted by atomic mass is 35.5. The van der Waals surface area contributed by atoms with Gasteiger partial charge in [0.05, 0.1) is 13.2 Å². The van der Waals surface area contributed by atoms with E-state index >= 15 is 0 Å². The molecule has 2 aromatic carbocycles. The van der Waals surface area contributed by atoms with Gasteiger partial charge >= 0.3 is 0 Å². The Hall–Kier alpha value is -2.40. The summed E-state index contributed by atoms with van der Waals surface area (Å²) in [5.74, 6) is 2.03. The lowest BCUT2D eigenvalue weighted by Gasteiger charge is -2.29. The van der Waals surface area contributed by atoms with Gasteiger partial charge in [0.1, 0.15) is 5.75 Å². The molecule has 3 rings (SSSR count). The Kier molecular flexibility index (Phi) is 6.45. The van der Waals surface area contributed by atoms with Gasteiger partial charge in [-0.2, -0.15) is 0 Å². The van der Waals surface area contributed by atoms with E-state index in [-0.39, 0.29) is 12.5 Å². The molecule has 27 heavy (non-hydrogen) atoms. The van der Waals surface area contributed by atoms with Crippen LogP contribution in [0.5, 0.6) is 17.2 Å². The average molecular weight is 390 g/mol. The molecule has 144 valence electrons. The number of carbonyl (C=O) groups is 1. The van der Waals surface area contributed by atoms with E-state index in [1.807, 2.05) is 30.9 Å². The van der Waals surface area contributed by atoms with E-state index in [0.29, 0.717) is 37.1 Å². The third kappa shape index (κ3) is 4.86. The van der Waals surface area contributed by atoms with Gasteiger partial charge in [-0.1, -0.05) is 17.7 Å². The van der Waals surface area contributed by atoms with E-state index in [9.17, 15) is 4.79 Å². The fourth-order valence-corrected chi connectivity index (χ4v) is 3.29. The van der Waals surface area contributed by atoms with Crippen molar-refractivity contribution in [2.24, 2.45) is 0 Å². The van der Waals surface area contributed by atoms with Crippen molar-refractivity contribution in [3.8, 4) is 17.2 Å². The number of carbonyl (C=O) groups excluding carboxylic acids is 1. The molecule has 1 heterocycles. The fraction of sp³-hybridized carbons (Fsp3) is 0.381. The Morgan fingerprint density at radius 1 is 1.04 bits per heavy atom. The number of ether oxygens (including phenoxy) is 3. The number of hydrogen-bond donors (Lipinski definition) is 0. The van der Waals surface area contributed by atoms with Crippen molar-refractivity contribution in [1.82, 2.24) is 4.90 Å². The second-order valence-corrected chi connectivity index (χ2v) is 6.68. The summed E-state index contributed by atoms with van der Waals surface area (Å²) in [6.45, 7) is 6.24. The monoisotopic (exact) mass is 389 g/mol. The lowest BCUT2D eigenvalue weighted by Crippen LogP contribution is -2.38. The Morgan fingerprint density at radius 2 is 1.74 bits per heavy atom. The van der Waals surface area contributed by atoms with Crippen LogP contribution in [0.4, 0.5) is 0 Å². The molecule has 0 radical (unpaired) electrons. The molecule has 0 aliphatic carbocycles. The molecule has 0 saturated carbocycles. The van der Waals surface area contributed by atoms with Gasteiger partial charge in [-0.15, -0.1) is 0 Å². The Balaban J connectivity index is 1.67. The van der Waals surface area contributed by atoms with Crippen molar-refractivity contribution in [1.29, 1.82) is 0 Å². The molecule has 0 N–H and O–H groups in total. The summed E-state index contributed by atoms with van der Waals surface area (Å²) in [4.78, 5) is 14.4. The van der Waals surface area contributed by atoms with E-state index in [4.69, 9.17) is 25.8 Å². The van der Waals surface area contributed by atoms with Crippen LogP contribution in [0.2, 0.25) is 5.02 Å². The summed E-state index contributed by atoms with van der Waals surface area (Å²) in [5, 5.41) is 0.584. The molecule has 0 atom stereocenters. The van der Waals surface area contributed by atoms with Crippen molar-refractivity contribution in [3.63, 3.8) is 0 Å². The molecule has 1 aliphatic heterocycles. The molecule has 5 nitrogen and oxygen atoms in total. The first-order valence-electron chi connectivity index (χ1n) is 9.18. The van der Waals surface area contributed by atoms with Crippen molar-refractivity contribution in [2.75, 3.05) is 26.4 Å². The van der Waals surface area contributed by atoms with Crippen LogP contribution in [0.3, 0.4) is 0 Å². The summed E-state index contributed by atoms with van der Waals surface area (Å²) in [7, 11) is 0. The van der Waals surface area contributed by atoms with Gasteiger partial charge in [-0.05, 0) is 61.7 Å². The van der Waals surface area contributed by atoms with E-state index in [1.165, 1.54) is 5.56 Å². The molecule has 0 bridgehead atoms. The lowest BCUT2D eigenvalue weighted by atomic mass is 9.98. The van der Waals surface area contributed by atoms with Crippen molar-refractivity contribution >= 4 is 17.5 Å². The highest BCUT2D eigenvalue weighted by molar-refractivity contribution is 6.30. The first kappa shape index (κ1) is 19.4. The largest absolute Gasteiger partial charge is 0.490 e. The zero-order chi connectivity index (χ0) is 19.2. The third-order valence-electron chi connectivity index (χ3n) is 4.39. The summed E-state index contributed by atoms with van der Waals surface area (Å²) < 4.78 is 17.0. The molecule has 0 spiro atoms. The second kappa shape index (κ2) is 9.00. The Labute approximate surface area is 164 Å². The molecular weight excluding hydrogens is 366 g/mol. The van der Waals surface area contributed by atoms with Gasteiger partial charge < -0.3 is 19.1 Å². The number of fused-ring (bicyclic) bond motifs is 1. The Bertz CT molecular complexity index is 809. The number of nitrogens with zero attached hydrogens (tertiary/aromatic N) is 1. The summed E-state index contributed by atoms with van der Waals surface area (Å²) in [6.07, 6.45) is 0.782. The van der Waals surface area contributed by atoms with Gasteiger partial charge in [0.2, 0.25) is 0 Å². The first-order chi connectivity index (χ1) is 13.1. The second-order valence-electron chi connectivity index (χ2n) is 6.25. The zero-order valence-corrected chi connectivity index (χ0v) is 16.4. The number of amides is 1. The van der Waals surface area contributed by atoms with Crippen LogP contribution in [-0.4, -0.2) is 37.2 Å². The number of halogens is 1. The van der Waals surface area contributed by atoms with Crippen LogP contribution in [-0.2, 0) is 17.8 Å². The SMILES string of the molecule is CCOc1cc2c(cc1OCC)CN(C(=O)COc1cccc(Cl)c1)CC2. The maximum absolute atomic E-state index is 12.6. The van der Waals surface area contributed by atoms with Crippen LogP contribution < -0.4 is 14.2 Å². The van der Waals surface area contributed by atoms with Gasteiger partial charge in [0, 0.05) is 18.1 Å². The minimum atomic E-state index is -0.0486. The number of rotatable bonds is 7. The van der Waals surface area contributed by atoms with Crippen molar-refractivity contribution < 1.29 is 19.0 Å². The topological polar surface area (TPSA) is 48.0 Å². The smallest absolute Gasteiger partial charge is 0.260 e. The fourth-order valence-electron chi connectivity index (χ4n) is 3.11. The highest BCUT2D eigenvalue weighted by Gasteiger charge is 2.23. The van der Waals surface area contributed by atoms with Crippen LogP contribution in [0.15, 0.2) is 36.4 Å². The van der Waals surface area contributed by atoms with Crippen molar-refractivity contribution in [2.45, 2.75) is 26.8 Å². The summed E-state index contributed by atoms with van der Waals surface area (Å²) in [6, 6.07) is 11.1. The van der Waals surface area contributed by atoms with Gasteiger partial charge in [-0.3, -0.25) is 4.79 Å². The van der Waals surface area contributed by atoms with Gasteiger partial charge in [0.25, 0.3) is 5.91 Å². The van der Waals surface area contributed by atoms with E-state index in [0.717, 1.165) is 23.5 Å². The van der Waals surface area contributed by atoms with Crippen LogP contribution >= 0.6 is 11.6 Å². The first-order valence-corrected chi connectivity index (χ1v) is 9.56.